The summed E-state index contributed by atoms with van der Waals surface area (Å²) in [4.78, 5) is 4.08. The van der Waals surface area contributed by atoms with Crippen LogP contribution in [0.15, 0.2) is 10.8 Å². The third kappa shape index (κ3) is 1.36. The summed E-state index contributed by atoms with van der Waals surface area (Å²) in [5.41, 5.74) is 0.934. The molecule has 1 heterocycles. The van der Waals surface area contributed by atoms with Crippen LogP contribution in [0.25, 0.3) is 0 Å². The van der Waals surface area contributed by atoms with E-state index in [4.69, 9.17) is 16.0 Å². The zero-order chi connectivity index (χ0) is 8.39. The highest BCUT2D eigenvalue weighted by atomic mass is 35.5. The van der Waals surface area contributed by atoms with Gasteiger partial charge in [-0.2, -0.15) is 0 Å². The van der Waals surface area contributed by atoms with E-state index in [2.05, 4.69) is 4.98 Å². The Bertz CT molecular complexity index is 253. The van der Waals surface area contributed by atoms with E-state index in [1.54, 1.807) is 0 Å². The Hall–Kier alpha value is -0.500. The monoisotopic (exact) mass is 185 g/mol. The second-order valence-electron chi connectivity index (χ2n) is 3.28. The summed E-state index contributed by atoms with van der Waals surface area (Å²) in [5, 5.41) is 0. The van der Waals surface area contributed by atoms with Gasteiger partial charge in [-0.25, -0.2) is 4.98 Å². The maximum Gasteiger partial charge on any atom is 0.181 e. The van der Waals surface area contributed by atoms with Gasteiger partial charge >= 0.3 is 0 Å². The average Bonchev–Trinajstić information content (AvgIpc) is 2.74. The zero-order valence-corrected chi connectivity index (χ0v) is 7.68. The first-order chi connectivity index (χ1) is 5.92. The molecule has 0 unspecified atom stereocenters. The van der Waals surface area contributed by atoms with Crippen LogP contribution in [0.3, 0.4) is 0 Å². The number of hydrogen-bond donors (Lipinski definition) is 0. The van der Waals surface area contributed by atoms with Crippen molar-refractivity contribution in [1.29, 1.82) is 0 Å². The molecule has 66 valence electrons. The Morgan fingerprint density at radius 2 is 2.25 bits per heavy atom. The van der Waals surface area contributed by atoms with Crippen molar-refractivity contribution in [2.75, 3.05) is 0 Å². The van der Waals surface area contributed by atoms with Crippen LogP contribution in [0.5, 0.6) is 0 Å². The van der Waals surface area contributed by atoms with Crippen molar-refractivity contribution >= 4 is 11.6 Å². The van der Waals surface area contributed by atoms with Gasteiger partial charge in [0, 0.05) is 5.92 Å². The number of nitrogens with zero attached hydrogens (tertiary/aromatic N) is 1. The van der Waals surface area contributed by atoms with Crippen LogP contribution >= 0.6 is 11.6 Å². The van der Waals surface area contributed by atoms with E-state index in [9.17, 15) is 0 Å². The Morgan fingerprint density at radius 3 is 2.92 bits per heavy atom. The zero-order valence-electron chi connectivity index (χ0n) is 6.92. The molecule has 12 heavy (non-hydrogen) atoms. The van der Waals surface area contributed by atoms with Gasteiger partial charge in [0.05, 0.1) is 11.6 Å². The van der Waals surface area contributed by atoms with Crippen molar-refractivity contribution in [2.24, 2.45) is 0 Å². The van der Waals surface area contributed by atoms with Crippen molar-refractivity contribution in [2.45, 2.75) is 37.5 Å². The molecule has 0 N–H and O–H groups in total. The molecular formula is C9H12ClNO. The van der Waals surface area contributed by atoms with Crippen LogP contribution in [-0.4, -0.2) is 4.98 Å². The fourth-order valence-electron chi connectivity index (χ4n) is 1.90. The van der Waals surface area contributed by atoms with Gasteiger partial charge in [-0.05, 0) is 12.8 Å². The number of rotatable bonds is 2. The normalized spacial score (nSPS) is 18.8. The van der Waals surface area contributed by atoms with Crippen molar-refractivity contribution in [3.63, 3.8) is 0 Å². The molecule has 3 heteroatoms. The smallest absolute Gasteiger partial charge is 0.181 e. The summed E-state index contributed by atoms with van der Waals surface area (Å²) in [6, 6.07) is 0. The lowest BCUT2D eigenvalue weighted by Crippen LogP contribution is -1.94. The first-order valence-electron chi connectivity index (χ1n) is 4.40. The van der Waals surface area contributed by atoms with Crippen molar-refractivity contribution < 1.29 is 4.42 Å². The van der Waals surface area contributed by atoms with Crippen LogP contribution in [0.2, 0.25) is 0 Å². The summed E-state index contributed by atoms with van der Waals surface area (Å²) < 4.78 is 5.34. The average molecular weight is 186 g/mol. The molecular weight excluding hydrogens is 174 g/mol. The third-order valence-electron chi connectivity index (χ3n) is 2.53. The SMILES string of the molecule is ClCc1ncoc1C1CCCC1. The fraction of sp³-hybridized carbons (Fsp3) is 0.667. The predicted molar refractivity (Wildman–Crippen MR) is 47.3 cm³/mol. The second-order valence-corrected chi connectivity index (χ2v) is 3.55. The molecule has 1 fully saturated rings. The van der Waals surface area contributed by atoms with Crippen LogP contribution in [-0.2, 0) is 5.88 Å². The molecule has 1 saturated carbocycles. The minimum atomic E-state index is 0.475. The molecule has 1 aliphatic rings. The molecule has 0 amide bonds. The lowest BCUT2D eigenvalue weighted by Gasteiger charge is -2.04. The van der Waals surface area contributed by atoms with Crippen molar-refractivity contribution in [3.8, 4) is 0 Å². The topological polar surface area (TPSA) is 26.0 Å². The quantitative estimate of drug-likeness (QED) is 0.662. The Morgan fingerprint density at radius 1 is 1.50 bits per heavy atom. The second kappa shape index (κ2) is 3.48. The largest absolute Gasteiger partial charge is 0.448 e. The minimum Gasteiger partial charge on any atom is -0.448 e. The lowest BCUT2D eigenvalue weighted by molar-refractivity contribution is 0.458. The molecule has 0 aromatic carbocycles. The van der Waals surface area contributed by atoms with Gasteiger partial charge in [-0.3, -0.25) is 0 Å². The molecule has 1 aromatic rings. The van der Waals surface area contributed by atoms with E-state index >= 15 is 0 Å². The van der Waals surface area contributed by atoms with Crippen LogP contribution in [0, 0.1) is 0 Å². The maximum absolute atomic E-state index is 5.73. The predicted octanol–water partition coefficient (Wildman–Crippen LogP) is 3.07. The number of hydrogen-bond acceptors (Lipinski definition) is 2. The molecule has 2 rings (SSSR count). The Kier molecular flexibility index (Phi) is 2.35. The molecule has 0 spiro atoms. The van der Waals surface area contributed by atoms with Gasteiger partial charge in [0.15, 0.2) is 6.39 Å². The molecule has 0 saturated heterocycles. The van der Waals surface area contributed by atoms with E-state index in [1.165, 1.54) is 32.1 Å². The Balaban J connectivity index is 2.19. The summed E-state index contributed by atoms with van der Waals surface area (Å²) in [6.07, 6.45) is 6.60. The van der Waals surface area contributed by atoms with E-state index in [-0.39, 0.29) is 0 Å². The first kappa shape index (κ1) is 8.11. The number of halogens is 1. The van der Waals surface area contributed by atoms with Gasteiger partial charge in [0.1, 0.15) is 5.76 Å². The molecule has 0 radical (unpaired) electrons. The van der Waals surface area contributed by atoms with Crippen LogP contribution in [0.4, 0.5) is 0 Å². The van der Waals surface area contributed by atoms with E-state index in [0.29, 0.717) is 11.8 Å². The van der Waals surface area contributed by atoms with E-state index in [0.717, 1.165) is 11.5 Å². The lowest BCUT2D eigenvalue weighted by atomic mass is 10.0. The van der Waals surface area contributed by atoms with Gasteiger partial charge < -0.3 is 4.42 Å². The molecule has 1 aliphatic carbocycles. The highest BCUT2D eigenvalue weighted by molar-refractivity contribution is 6.16. The van der Waals surface area contributed by atoms with Gasteiger partial charge in [0.25, 0.3) is 0 Å². The first-order valence-corrected chi connectivity index (χ1v) is 4.93. The summed E-state index contributed by atoms with van der Waals surface area (Å²) in [6.45, 7) is 0. The van der Waals surface area contributed by atoms with Crippen molar-refractivity contribution in [3.05, 3.63) is 17.8 Å². The third-order valence-corrected chi connectivity index (χ3v) is 2.78. The summed E-state index contributed by atoms with van der Waals surface area (Å²) in [5.74, 6) is 2.09. The van der Waals surface area contributed by atoms with E-state index < -0.39 is 0 Å². The summed E-state index contributed by atoms with van der Waals surface area (Å²) >= 11 is 5.73. The maximum atomic E-state index is 5.73. The molecule has 0 atom stereocenters. The van der Waals surface area contributed by atoms with Gasteiger partial charge in [-0.15, -0.1) is 11.6 Å². The molecule has 0 bridgehead atoms. The number of oxazole rings is 1. The highest BCUT2D eigenvalue weighted by Crippen LogP contribution is 2.35. The fourth-order valence-corrected chi connectivity index (χ4v) is 2.10. The number of alkyl halides is 1. The molecule has 1 aromatic heterocycles. The van der Waals surface area contributed by atoms with Crippen LogP contribution < -0.4 is 0 Å². The highest BCUT2D eigenvalue weighted by Gasteiger charge is 2.22. The molecule has 2 nitrogen and oxygen atoms in total. The van der Waals surface area contributed by atoms with Gasteiger partial charge in [-0.1, -0.05) is 12.8 Å². The van der Waals surface area contributed by atoms with Crippen molar-refractivity contribution in [1.82, 2.24) is 4.98 Å². The van der Waals surface area contributed by atoms with Crippen LogP contribution in [0.1, 0.15) is 43.1 Å². The molecule has 0 aliphatic heterocycles. The van der Waals surface area contributed by atoms with Gasteiger partial charge in [0.2, 0.25) is 0 Å². The minimum absolute atomic E-state index is 0.475. The summed E-state index contributed by atoms with van der Waals surface area (Å²) in [7, 11) is 0. The standard InChI is InChI=1S/C9H12ClNO/c10-5-8-9(12-6-11-8)7-3-1-2-4-7/h6-7H,1-5H2. The number of aromatic nitrogens is 1. The van der Waals surface area contributed by atoms with E-state index in [1.807, 2.05) is 0 Å². The Labute approximate surface area is 76.9 Å².